The van der Waals surface area contributed by atoms with Gasteiger partial charge in [0.05, 0.1) is 11.4 Å². The van der Waals surface area contributed by atoms with Crippen LogP contribution in [0.4, 0.5) is 5.82 Å². The van der Waals surface area contributed by atoms with Crippen molar-refractivity contribution >= 4 is 5.82 Å². The number of likely N-dealkylation sites (tertiary alicyclic amines) is 1. The number of nitrogens with zero attached hydrogens (tertiary/aromatic N) is 5. The highest BCUT2D eigenvalue weighted by Gasteiger charge is 2.36. The van der Waals surface area contributed by atoms with Crippen LogP contribution in [0, 0.1) is 30.6 Å². The first kappa shape index (κ1) is 18.8. The molecule has 0 spiro atoms. The second kappa shape index (κ2) is 7.90. The minimum Gasteiger partial charge on any atom is -0.368 e. The third-order valence-electron chi connectivity index (χ3n) is 7.14. The van der Waals surface area contributed by atoms with E-state index in [1.165, 1.54) is 45.3 Å². The van der Waals surface area contributed by atoms with Crippen LogP contribution < -0.4 is 5.32 Å². The molecule has 3 unspecified atom stereocenters. The van der Waals surface area contributed by atoms with Crippen molar-refractivity contribution in [2.75, 3.05) is 31.5 Å². The summed E-state index contributed by atoms with van der Waals surface area (Å²) < 4.78 is 1.82. The molecule has 6 heteroatoms. The molecule has 0 amide bonds. The molecule has 2 fully saturated rings. The molecular weight excluding hydrogens is 360 g/mol. The average Bonchev–Trinajstić information content (AvgIpc) is 3.43. The molecular formula is C23H32N6. The van der Waals surface area contributed by atoms with E-state index in [4.69, 9.17) is 0 Å². The van der Waals surface area contributed by atoms with E-state index in [9.17, 15) is 0 Å². The lowest BCUT2D eigenvalue weighted by Crippen LogP contribution is -2.39. The standard InChI is InChI=1S/C23H32N6/c1-16-21(15-28(2)27-16)22-5-6-23(26-25-22)24-13-17-7-9-29(10-8-17)14-20-12-18-3-4-19(20)11-18/h3-6,15,17-20H,7-14H2,1-2H3,(H,24,26). The van der Waals surface area contributed by atoms with E-state index < -0.39 is 0 Å². The summed E-state index contributed by atoms with van der Waals surface area (Å²) in [6.07, 6.45) is 12.3. The normalized spacial score (nSPS) is 27.0. The molecule has 3 aliphatic rings. The van der Waals surface area contributed by atoms with Gasteiger partial charge < -0.3 is 10.2 Å². The van der Waals surface area contributed by atoms with E-state index in [-0.39, 0.29) is 0 Å². The number of fused-ring (bicyclic) bond motifs is 2. The fourth-order valence-electron chi connectivity index (χ4n) is 5.48. The van der Waals surface area contributed by atoms with Gasteiger partial charge in [-0.15, -0.1) is 10.2 Å². The number of rotatable bonds is 6. The highest BCUT2D eigenvalue weighted by Crippen LogP contribution is 2.43. The van der Waals surface area contributed by atoms with E-state index in [0.29, 0.717) is 0 Å². The van der Waals surface area contributed by atoms with Gasteiger partial charge in [-0.3, -0.25) is 4.68 Å². The fourth-order valence-corrected chi connectivity index (χ4v) is 5.48. The number of nitrogens with one attached hydrogen (secondary N) is 1. The van der Waals surface area contributed by atoms with Crippen LogP contribution in [0.3, 0.4) is 0 Å². The van der Waals surface area contributed by atoms with Crippen molar-refractivity contribution in [2.45, 2.75) is 32.6 Å². The van der Waals surface area contributed by atoms with Gasteiger partial charge in [0.2, 0.25) is 0 Å². The Bertz CT molecular complexity index is 862. The molecule has 154 valence electrons. The number of piperidine rings is 1. The number of aromatic nitrogens is 4. The number of allylic oxidation sites excluding steroid dienone is 2. The number of anilines is 1. The van der Waals surface area contributed by atoms with Gasteiger partial charge in [-0.05, 0) is 81.5 Å². The molecule has 29 heavy (non-hydrogen) atoms. The molecule has 2 aliphatic carbocycles. The van der Waals surface area contributed by atoms with Gasteiger partial charge in [0.1, 0.15) is 5.82 Å². The largest absolute Gasteiger partial charge is 0.368 e. The van der Waals surface area contributed by atoms with Crippen LogP contribution in [-0.2, 0) is 7.05 Å². The molecule has 3 heterocycles. The summed E-state index contributed by atoms with van der Waals surface area (Å²) in [5, 5.41) is 16.7. The minimum atomic E-state index is 0.730. The third kappa shape index (κ3) is 4.08. The molecule has 1 N–H and O–H groups in total. The molecule has 6 nitrogen and oxygen atoms in total. The van der Waals surface area contributed by atoms with Crippen molar-refractivity contribution in [1.29, 1.82) is 0 Å². The van der Waals surface area contributed by atoms with Gasteiger partial charge in [-0.1, -0.05) is 12.2 Å². The highest BCUT2D eigenvalue weighted by molar-refractivity contribution is 5.61. The molecule has 1 saturated heterocycles. The quantitative estimate of drug-likeness (QED) is 0.762. The topological polar surface area (TPSA) is 58.9 Å². The van der Waals surface area contributed by atoms with Gasteiger partial charge in [-0.25, -0.2) is 0 Å². The molecule has 1 aliphatic heterocycles. The van der Waals surface area contributed by atoms with Gasteiger partial charge >= 0.3 is 0 Å². The lowest BCUT2D eigenvalue weighted by molar-refractivity contribution is 0.156. The van der Waals surface area contributed by atoms with Crippen LogP contribution in [-0.4, -0.2) is 51.1 Å². The lowest BCUT2D eigenvalue weighted by Gasteiger charge is -2.35. The fraction of sp³-hybridized carbons (Fsp3) is 0.609. The summed E-state index contributed by atoms with van der Waals surface area (Å²) in [7, 11) is 1.93. The van der Waals surface area contributed by atoms with Crippen molar-refractivity contribution in [3.8, 4) is 11.3 Å². The SMILES string of the molecule is Cc1nn(C)cc1-c1ccc(NCC2CCN(CC3CC4C=CC3C4)CC2)nn1. The first-order valence-electron chi connectivity index (χ1n) is 11.1. The Morgan fingerprint density at radius 2 is 1.97 bits per heavy atom. The molecule has 0 aromatic carbocycles. The maximum atomic E-state index is 4.40. The molecule has 0 radical (unpaired) electrons. The Morgan fingerprint density at radius 3 is 2.59 bits per heavy atom. The van der Waals surface area contributed by atoms with Crippen molar-refractivity contribution in [1.82, 2.24) is 24.9 Å². The van der Waals surface area contributed by atoms with Gasteiger partial charge in [0.25, 0.3) is 0 Å². The molecule has 2 aromatic heterocycles. The first-order valence-corrected chi connectivity index (χ1v) is 11.1. The molecule has 2 bridgehead atoms. The Labute approximate surface area is 173 Å². The zero-order chi connectivity index (χ0) is 19.8. The predicted molar refractivity (Wildman–Crippen MR) is 115 cm³/mol. The van der Waals surface area contributed by atoms with E-state index >= 15 is 0 Å². The third-order valence-corrected chi connectivity index (χ3v) is 7.14. The van der Waals surface area contributed by atoms with E-state index in [1.54, 1.807) is 0 Å². The molecule has 5 rings (SSSR count). The van der Waals surface area contributed by atoms with Crippen LogP contribution in [0.2, 0.25) is 0 Å². The second-order valence-electron chi connectivity index (χ2n) is 9.27. The Morgan fingerprint density at radius 1 is 1.10 bits per heavy atom. The number of aryl methyl sites for hydroxylation is 2. The van der Waals surface area contributed by atoms with Crippen LogP contribution in [0.5, 0.6) is 0 Å². The maximum Gasteiger partial charge on any atom is 0.148 e. The maximum absolute atomic E-state index is 4.40. The zero-order valence-corrected chi connectivity index (χ0v) is 17.6. The summed E-state index contributed by atoms with van der Waals surface area (Å²) in [5.74, 6) is 4.27. The Balaban J connectivity index is 1.07. The van der Waals surface area contributed by atoms with Crippen molar-refractivity contribution in [2.24, 2.45) is 30.7 Å². The van der Waals surface area contributed by atoms with Crippen molar-refractivity contribution in [3.63, 3.8) is 0 Å². The predicted octanol–water partition coefficient (Wildman–Crippen LogP) is 3.52. The molecule has 1 saturated carbocycles. The highest BCUT2D eigenvalue weighted by atomic mass is 15.3. The molecule has 3 atom stereocenters. The number of hydrogen-bond donors (Lipinski definition) is 1. The summed E-state index contributed by atoms with van der Waals surface area (Å²) in [4.78, 5) is 2.71. The summed E-state index contributed by atoms with van der Waals surface area (Å²) in [5.41, 5.74) is 2.91. The van der Waals surface area contributed by atoms with Gasteiger partial charge in [0, 0.05) is 31.9 Å². The van der Waals surface area contributed by atoms with Gasteiger partial charge in [0.15, 0.2) is 0 Å². The second-order valence-corrected chi connectivity index (χ2v) is 9.27. The number of hydrogen-bond acceptors (Lipinski definition) is 5. The summed E-state index contributed by atoms with van der Waals surface area (Å²) >= 11 is 0. The van der Waals surface area contributed by atoms with Gasteiger partial charge in [-0.2, -0.15) is 5.10 Å². The Kier molecular flexibility index (Phi) is 5.12. The van der Waals surface area contributed by atoms with Crippen LogP contribution in [0.15, 0.2) is 30.5 Å². The summed E-state index contributed by atoms with van der Waals surface area (Å²) in [6, 6.07) is 4.07. The first-order chi connectivity index (χ1) is 14.1. The van der Waals surface area contributed by atoms with Crippen LogP contribution >= 0.6 is 0 Å². The van der Waals surface area contributed by atoms with Crippen LogP contribution in [0.25, 0.3) is 11.3 Å². The van der Waals surface area contributed by atoms with E-state index in [1.807, 2.05) is 37.0 Å². The molecule has 2 aromatic rings. The Hall–Kier alpha value is -2.21. The lowest BCUT2D eigenvalue weighted by atomic mass is 9.91. The van der Waals surface area contributed by atoms with E-state index in [2.05, 4.69) is 37.7 Å². The average molecular weight is 393 g/mol. The van der Waals surface area contributed by atoms with Crippen LogP contribution in [0.1, 0.15) is 31.4 Å². The smallest absolute Gasteiger partial charge is 0.148 e. The van der Waals surface area contributed by atoms with E-state index in [0.717, 1.165) is 53.0 Å². The minimum absolute atomic E-state index is 0.730. The van der Waals surface area contributed by atoms with Crippen molar-refractivity contribution in [3.05, 3.63) is 36.2 Å². The zero-order valence-electron chi connectivity index (χ0n) is 17.6. The van der Waals surface area contributed by atoms with Crippen molar-refractivity contribution < 1.29 is 0 Å². The summed E-state index contributed by atoms with van der Waals surface area (Å²) in [6.45, 7) is 6.80. The monoisotopic (exact) mass is 392 g/mol.